The summed E-state index contributed by atoms with van der Waals surface area (Å²) in [5, 5.41) is 0. The maximum absolute atomic E-state index is 11.1. The zero-order valence-corrected chi connectivity index (χ0v) is 6.16. The van der Waals surface area contributed by atoms with Gasteiger partial charge in [-0.25, -0.2) is 0 Å². The van der Waals surface area contributed by atoms with Crippen LogP contribution in [-0.2, 0) is 14.3 Å². The number of hydrogen-bond acceptors (Lipinski definition) is 3. The molecule has 0 aromatic heterocycles. The summed E-state index contributed by atoms with van der Waals surface area (Å²) in [6.45, 7) is 0.602. The van der Waals surface area contributed by atoms with Crippen LogP contribution >= 0.6 is 0 Å². The third kappa shape index (κ3) is 0.601. The Kier molecular flexibility index (Phi) is 0.969. The fraction of sp³-hybridized carbons (Fsp3) is 0.875. The Morgan fingerprint density at radius 2 is 2.09 bits per heavy atom. The Morgan fingerprint density at radius 3 is 2.91 bits per heavy atom. The van der Waals surface area contributed by atoms with Crippen molar-refractivity contribution in [2.45, 2.75) is 25.0 Å². The van der Waals surface area contributed by atoms with E-state index in [1.165, 1.54) is 0 Å². The van der Waals surface area contributed by atoms with E-state index in [4.69, 9.17) is 9.47 Å². The molecule has 3 heteroatoms. The van der Waals surface area contributed by atoms with E-state index in [0.29, 0.717) is 18.6 Å². The highest BCUT2D eigenvalue weighted by Gasteiger charge is 2.56. The van der Waals surface area contributed by atoms with Gasteiger partial charge in [0.25, 0.3) is 0 Å². The van der Waals surface area contributed by atoms with E-state index in [1.807, 2.05) is 0 Å². The maximum atomic E-state index is 11.1. The topological polar surface area (TPSA) is 35.5 Å². The summed E-state index contributed by atoms with van der Waals surface area (Å²) >= 11 is 0. The van der Waals surface area contributed by atoms with Crippen LogP contribution in [0.3, 0.4) is 0 Å². The Hall–Kier alpha value is -0.570. The van der Waals surface area contributed by atoms with E-state index < -0.39 is 0 Å². The van der Waals surface area contributed by atoms with Crippen LogP contribution in [0.25, 0.3) is 0 Å². The SMILES string of the molecule is O=C1OC[C@@H]2[C@H]1[C@H]1CC[C@@H]2O1. The van der Waals surface area contributed by atoms with Crippen molar-refractivity contribution in [2.75, 3.05) is 6.61 Å². The minimum atomic E-state index is -0.0257. The van der Waals surface area contributed by atoms with Crippen LogP contribution in [0.2, 0.25) is 0 Å². The van der Waals surface area contributed by atoms with Crippen LogP contribution in [0.4, 0.5) is 0 Å². The van der Waals surface area contributed by atoms with Crippen molar-refractivity contribution >= 4 is 5.97 Å². The number of carbonyl (C=O) groups excluding carboxylic acids is 1. The summed E-state index contributed by atoms with van der Waals surface area (Å²) < 4.78 is 10.6. The van der Waals surface area contributed by atoms with Crippen molar-refractivity contribution in [3.8, 4) is 0 Å². The van der Waals surface area contributed by atoms with Gasteiger partial charge in [-0.05, 0) is 12.8 Å². The standard InChI is InChI=1S/C8H10O3/c9-8-7-4(3-10-8)5-1-2-6(7)11-5/h4-7H,1-3H2/t4-,5-,6+,7-/m0/s1. The molecule has 3 saturated heterocycles. The number of esters is 1. The Bertz CT molecular complexity index is 213. The van der Waals surface area contributed by atoms with Crippen molar-refractivity contribution in [1.29, 1.82) is 0 Å². The van der Waals surface area contributed by atoms with Gasteiger partial charge in [-0.1, -0.05) is 0 Å². The second-order valence-electron chi connectivity index (χ2n) is 3.61. The van der Waals surface area contributed by atoms with Gasteiger partial charge >= 0.3 is 5.97 Å². The predicted octanol–water partition coefficient (Wildman–Crippen LogP) is 0.337. The highest BCUT2D eigenvalue weighted by Crippen LogP contribution is 2.46. The molecule has 0 radical (unpaired) electrons. The molecule has 4 atom stereocenters. The van der Waals surface area contributed by atoms with Gasteiger partial charge in [0.15, 0.2) is 0 Å². The van der Waals surface area contributed by atoms with Gasteiger partial charge in [0.1, 0.15) is 0 Å². The van der Waals surface area contributed by atoms with E-state index in [1.54, 1.807) is 0 Å². The minimum Gasteiger partial charge on any atom is -0.465 e. The molecule has 0 amide bonds. The lowest BCUT2D eigenvalue weighted by atomic mass is 9.81. The van der Waals surface area contributed by atoms with Crippen LogP contribution in [0.1, 0.15) is 12.8 Å². The molecule has 0 aliphatic carbocycles. The Morgan fingerprint density at radius 1 is 1.27 bits per heavy atom. The molecule has 0 aromatic carbocycles. The summed E-state index contributed by atoms with van der Waals surface area (Å²) in [5.41, 5.74) is 0. The Balaban J connectivity index is 1.97. The average Bonchev–Trinajstić information content (AvgIpc) is 2.60. The first-order chi connectivity index (χ1) is 5.36. The second-order valence-corrected chi connectivity index (χ2v) is 3.61. The average molecular weight is 154 g/mol. The van der Waals surface area contributed by atoms with Crippen molar-refractivity contribution in [3.05, 3.63) is 0 Å². The monoisotopic (exact) mass is 154 g/mol. The van der Waals surface area contributed by atoms with E-state index in [9.17, 15) is 4.79 Å². The predicted molar refractivity (Wildman–Crippen MR) is 35.8 cm³/mol. The van der Waals surface area contributed by atoms with Crippen molar-refractivity contribution in [2.24, 2.45) is 11.8 Å². The van der Waals surface area contributed by atoms with Crippen LogP contribution in [-0.4, -0.2) is 24.8 Å². The molecule has 3 rings (SSSR count). The number of rotatable bonds is 0. The van der Waals surface area contributed by atoms with E-state index in [-0.39, 0.29) is 18.0 Å². The second kappa shape index (κ2) is 1.78. The number of ether oxygens (including phenoxy) is 2. The smallest absolute Gasteiger partial charge is 0.312 e. The van der Waals surface area contributed by atoms with Gasteiger partial charge in [0.05, 0.1) is 24.7 Å². The van der Waals surface area contributed by atoms with Crippen LogP contribution < -0.4 is 0 Å². The number of hydrogen-bond donors (Lipinski definition) is 0. The fourth-order valence-electron chi connectivity index (χ4n) is 2.59. The molecule has 3 aliphatic rings. The summed E-state index contributed by atoms with van der Waals surface area (Å²) in [4.78, 5) is 11.1. The first-order valence-corrected chi connectivity index (χ1v) is 4.18. The van der Waals surface area contributed by atoms with E-state index >= 15 is 0 Å². The first kappa shape index (κ1) is 6.00. The summed E-state index contributed by atoms with van der Waals surface area (Å²) in [6, 6.07) is 0. The number of cyclic esters (lactones) is 1. The molecule has 2 bridgehead atoms. The zero-order valence-electron chi connectivity index (χ0n) is 6.16. The van der Waals surface area contributed by atoms with Crippen molar-refractivity contribution in [3.63, 3.8) is 0 Å². The third-order valence-electron chi connectivity index (χ3n) is 3.11. The molecule has 3 fully saturated rings. The molecular formula is C8H10O3. The van der Waals surface area contributed by atoms with Crippen molar-refractivity contribution < 1.29 is 14.3 Å². The molecule has 0 spiro atoms. The largest absolute Gasteiger partial charge is 0.465 e. The van der Waals surface area contributed by atoms with E-state index in [0.717, 1.165) is 12.8 Å². The molecule has 3 nitrogen and oxygen atoms in total. The first-order valence-electron chi connectivity index (χ1n) is 4.18. The quantitative estimate of drug-likeness (QED) is 0.472. The maximum Gasteiger partial charge on any atom is 0.312 e. The highest BCUT2D eigenvalue weighted by molar-refractivity contribution is 5.76. The van der Waals surface area contributed by atoms with Gasteiger partial charge < -0.3 is 9.47 Å². The number of carbonyl (C=O) groups is 1. The van der Waals surface area contributed by atoms with Crippen LogP contribution in [0.15, 0.2) is 0 Å². The van der Waals surface area contributed by atoms with Gasteiger partial charge in [0, 0.05) is 5.92 Å². The summed E-state index contributed by atoms with van der Waals surface area (Å²) in [6.07, 6.45) is 2.71. The summed E-state index contributed by atoms with van der Waals surface area (Å²) in [7, 11) is 0. The van der Waals surface area contributed by atoms with Crippen LogP contribution in [0.5, 0.6) is 0 Å². The van der Waals surface area contributed by atoms with Gasteiger partial charge in [0.2, 0.25) is 0 Å². The zero-order chi connectivity index (χ0) is 7.42. The minimum absolute atomic E-state index is 0.0257. The van der Waals surface area contributed by atoms with Crippen LogP contribution in [0, 0.1) is 11.8 Å². The van der Waals surface area contributed by atoms with Crippen molar-refractivity contribution in [1.82, 2.24) is 0 Å². The lowest BCUT2D eigenvalue weighted by Crippen LogP contribution is -2.27. The molecule has 3 aliphatic heterocycles. The van der Waals surface area contributed by atoms with Gasteiger partial charge in [-0.3, -0.25) is 4.79 Å². The summed E-state index contributed by atoms with van der Waals surface area (Å²) in [5.74, 6) is 0.456. The van der Waals surface area contributed by atoms with Gasteiger partial charge in [-0.2, -0.15) is 0 Å². The molecule has 11 heavy (non-hydrogen) atoms. The van der Waals surface area contributed by atoms with Gasteiger partial charge in [-0.15, -0.1) is 0 Å². The van der Waals surface area contributed by atoms with E-state index in [2.05, 4.69) is 0 Å². The number of fused-ring (bicyclic) bond motifs is 5. The highest BCUT2D eigenvalue weighted by atomic mass is 16.6. The Labute approximate surface area is 64.7 Å². The fourth-order valence-corrected chi connectivity index (χ4v) is 2.59. The molecule has 0 N–H and O–H groups in total. The lowest BCUT2D eigenvalue weighted by Gasteiger charge is -2.14. The lowest BCUT2D eigenvalue weighted by molar-refractivity contribution is -0.143. The molecule has 0 unspecified atom stereocenters. The molecule has 0 aromatic rings. The normalized spacial score (nSPS) is 52.9. The molecule has 0 saturated carbocycles. The molecular weight excluding hydrogens is 144 g/mol. The third-order valence-corrected chi connectivity index (χ3v) is 3.11. The molecule has 3 heterocycles. The molecule has 60 valence electrons.